The van der Waals surface area contributed by atoms with E-state index in [-0.39, 0.29) is 17.9 Å². The molecular weight excluding hydrogens is 607 g/mol. The number of hydrogen-bond acceptors (Lipinski definition) is 4. The van der Waals surface area contributed by atoms with Crippen LogP contribution in [-0.2, 0) is 38.0 Å². The highest BCUT2D eigenvalue weighted by Gasteiger charge is 2.51. The van der Waals surface area contributed by atoms with Gasteiger partial charge in [0.1, 0.15) is 12.6 Å². The Kier molecular flexibility index (Phi) is 9.79. The van der Waals surface area contributed by atoms with Crippen molar-refractivity contribution in [1.82, 2.24) is 10.2 Å². The Balaban J connectivity index is 1.30. The van der Waals surface area contributed by atoms with Gasteiger partial charge in [-0.05, 0) is 109 Å². The van der Waals surface area contributed by atoms with E-state index >= 15 is 0 Å². The fourth-order valence-electron chi connectivity index (χ4n) is 8.95. The first-order chi connectivity index (χ1) is 22.5. The third kappa shape index (κ3) is 7.43. The number of carbonyl (C=O) groups is 2. The Bertz CT molecular complexity index is 1640. The van der Waals surface area contributed by atoms with E-state index in [1.165, 1.54) is 48.4 Å². The number of anilines is 1. The lowest BCUT2D eigenvalue weighted by molar-refractivity contribution is -0.140. The van der Waals surface area contributed by atoms with Crippen LogP contribution >= 0.6 is 0 Å². The normalized spacial score (nSPS) is 23.7. The van der Waals surface area contributed by atoms with E-state index < -0.39 is 28.5 Å². The van der Waals surface area contributed by atoms with Crippen LogP contribution in [0.1, 0.15) is 74.1 Å². The van der Waals surface area contributed by atoms with Gasteiger partial charge in [-0.25, -0.2) is 8.42 Å². The zero-order valence-corrected chi connectivity index (χ0v) is 28.8. The lowest BCUT2D eigenvalue weighted by atomic mass is 9.48. The molecule has 4 aliphatic carbocycles. The Morgan fingerprint density at radius 3 is 2.04 bits per heavy atom. The van der Waals surface area contributed by atoms with Crippen LogP contribution in [0, 0.1) is 24.7 Å². The zero-order chi connectivity index (χ0) is 33.2. The van der Waals surface area contributed by atoms with Crippen molar-refractivity contribution in [3.63, 3.8) is 0 Å². The van der Waals surface area contributed by atoms with Crippen LogP contribution in [0.2, 0.25) is 0 Å². The average molecular weight is 656 g/mol. The number of aryl methyl sites for hydroxylation is 1. The van der Waals surface area contributed by atoms with E-state index in [9.17, 15) is 18.0 Å². The summed E-state index contributed by atoms with van der Waals surface area (Å²) in [4.78, 5) is 29.8. The predicted molar refractivity (Wildman–Crippen MR) is 187 cm³/mol. The number of nitrogens with one attached hydrogen (secondary N) is 1. The Morgan fingerprint density at radius 2 is 1.47 bits per heavy atom. The van der Waals surface area contributed by atoms with Gasteiger partial charge >= 0.3 is 0 Å². The second-order valence-electron chi connectivity index (χ2n) is 14.5. The van der Waals surface area contributed by atoms with Crippen molar-refractivity contribution in [2.24, 2.45) is 17.8 Å². The molecule has 2 amide bonds. The molecule has 1 N–H and O–H groups in total. The minimum Gasteiger partial charge on any atom is -0.354 e. The molecule has 47 heavy (non-hydrogen) atoms. The Labute approximate surface area is 280 Å². The first-order valence-electron chi connectivity index (χ1n) is 17.3. The minimum atomic E-state index is -3.82. The summed E-state index contributed by atoms with van der Waals surface area (Å²) in [6.45, 7) is 4.25. The van der Waals surface area contributed by atoms with Gasteiger partial charge in [-0.15, -0.1) is 0 Å². The lowest BCUT2D eigenvalue weighted by Crippen LogP contribution is -2.53. The second kappa shape index (κ2) is 13.8. The first-order valence-corrected chi connectivity index (χ1v) is 19.1. The second-order valence-corrected chi connectivity index (χ2v) is 16.4. The molecular formula is C39H49N3O4S. The summed E-state index contributed by atoms with van der Waals surface area (Å²) in [6, 6.07) is 24.6. The zero-order valence-electron chi connectivity index (χ0n) is 28.0. The molecule has 7 rings (SSSR count). The molecule has 250 valence electrons. The fourth-order valence-corrected chi connectivity index (χ4v) is 9.80. The van der Waals surface area contributed by atoms with Crippen molar-refractivity contribution >= 4 is 27.5 Å². The van der Waals surface area contributed by atoms with Crippen molar-refractivity contribution in [3.8, 4) is 0 Å². The van der Waals surface area contributed by atoms with Crippen molar-refractivity contribution < 1.29 is 18.0 Å². The predicted octanol–water partition coefficient (Wildman–Crippen LogP) is 6.40. The number of sulfonamides is 1. The maximum atomic E-state index is 14.4. The number of rotatable bonds is 13. The highest BCUT2D eigenvalue weighted by atomic mass is 32.2. The van der Waals surface area contributed by atoms with Crippen LogP contribution in [0.3, 0.4) is 0 Å². The molecule has 7 nitrogen and oxygen atoms in total. The monoisotopic (exact) mass is 655 g/mol. The van der Waals surface area contributed by atoms with Crippen LogP contribution in [0.25, 0.3) is 0 Å². The summed E-state index contributed by atoms with van der Waals surface area (Å²) in [5.74, 6) is 1.76. The van der Waals surface area contributed by atoms with Gasteiger partial charge in [0.15, 0.2) is 0 Å². The van der Waals surface area contributed by atoms with E-state index in [0.29, 0.717) is 18.7 Å². The van der Waals surface area contributed by atoms with Crippen LogP contribution < -0.4 is 9.62 Å². The highest BCUT2D eigenvalue weighted by molar-refractivity contribution is 7.92. The minimum absolute atomic E-state index is 0.186. The molecule has 8 heteroatoms. The first kappa shape index (κ1) is 33.3. The largest absolute Gasteiger partial charge is 0.354 e. The number of amides is 2. The van der Waals surface area contributed by atoms with Crippen LogP contribution in [-0.4, -0.2) is 50.5 Å². The number of nitrogens with zero attached hydrogens (tertiary/aromatic N) is 2. The Morgan fingerprint density at radius 1 is 0.872 bits per heavy atom. The molecule has 4 fully saturated rings. The van der Waals surface area contributed by atoms with Gasteiger partial charge in [0.25, 0.3) is 0 Å². The molecule has 4 saturated carbocycles. The molecule has 3 aromatic carbocycles. The number of benzene rings is 3. The van der Waals surface area contributed by atoms with E-state index in [1.807, 2.05) is 80.6 Å². The topological polar surface area (TPSA) is 86.8 Å². The van der Waals surface area contributed by atoms with E-state index in [0.717, 1.165) is 47.1 Å². The summed E-state index contributed by atoms with van der Waals surface area (Å²) in [5.41, 5.74) is 4.80. The number of hydrogen-bond donors (Lipinski definition) is 1. The van der Waals surface area contributed by atoms with Crippen molar-refractivity contribution in [2.45, 2.75) is 83.2 Å². The summed E-state index contributed by atoms with van der Waals surface area (Å²) < 4.78 is 27.8. The molecule has 4 aliphatic rings. The molecule has 0 heterocycles. The van der Waals surface area contributed by atoms with Crippen molar-refractivity contribution in [3.05, 3.63) is 101 Å². The van der Waals surface area contributed by atoms with Gasteiger partial charge in [-0.3, -0.25) is 13.9 Å². The van der Waals surface area contributed by atoms with Gasteiger partial charge in [-0.2, -0.15) is 0 Å². The quantitative estimate of drug-likeness (QED) is 0.231. The molecule has 0 aliphatic heterocycles. The molecule has 0 saturated heterocycles. The molecule has 0 radical (unpaired) electrons. The maximum Gasteiger partial charge on any atom is 0.244 e. The summed E-state index contributed by atoms with van der Waals surface area (Å²) >= 11 is 0. The van der Waals surface area contributed by atoms with E-state index in [4.69, 9.17) is 0 Å². The van der Waals surface area contributed by atoms with Gasteiger partial charge in [0.05, 0.1) is 11.9 Å². The SMILES string of the molecule is CCCNC(=O)[C@@H](Cc1ccccc1)N(Cc1ccccc1C)C(=O)CN(c1ccc(C23CC4CC(CC(C4)C2)C3)cc1)S(C)(=O)=O. The summed E-state index contributed by atoms with van der Waals surface area (Å²) in [7, 11) is -3.82. The molecule has 0 unspecified atom stereocenters. The lowest BCUT2D eigenvalue weighted by Gasteiger charge is -2.57. The van der Waals surface area contributed by atoms with Gasteiger partial charge in [0, 0.05) is 19.5 Å². The molecule has 1 atom stereocenters. The van der Waals surface area contributed by atoms with Gasteiger partial charge < -0.3 is 10.2 Å². The van der Waals surface area contributed by atoms with Crippen molar-refractivity contribution in [2.75, 3.05) is 23.7 Å². The van der Waals surface area contributed by atoms with Crippen LogP contribution in [0.4, 0.5) is 5.69 Å². The van der Waals surface area contributed by atoms with Crippen LogP contribution in [0.5, 0.6) is 0 Å². The molecule has 0 aromatic heterocycles. The number of carbonyl (C=O) groups excluding carboxylic acids is 2. The fraction of sp³-hybridized carbons (Fsp3) is 0.487. The van der Waals surface area contributed by atoms with E-state index in [2.05, 4.69) is 17.4 Å². The maximum absolute atomic E-state index is 14.4. The average Bonchev–Trinajstić information content (AvgIpc) is 3.04. The third-order valence-electron chi connectivity index (χ3n) is 10.9. The molecule has 3 aromatic rings. The van der Waals surface area contributed by atoms with Crippen molar-refractivity contribution in [1.29, 1.82) is 0 Å². The molecule has 4 bridgehead atoms. The molecule has 0 spiro atoms. The van der Waals surface area contributed by atoms with E-state index in [1.54, 1.807) is 4.90 Å². The third-order valence-corrected chi connectivity index (χ3v) is 12.0. The highest BCUT2D eigenvalue weighted by Crippen LogP contribution is 2.60. The summed E-state index contributed by atoms with van der Waals surface area (Å²) in [5, 5.41) is 3.00. The summed E-state index contributed by atoms with van der Waals surface area (Å²) in [6.07, 6.45) is 9.99. The Hall–Kier alpha value is -3.65. The standard InChI is InChI=1S/C39H49N3O4S/c1-4-18-40-38(44)36(22-29-11-6-5-7-12-29)41(26-33-13-9-8-10-28(33)2)37(43)27-42(47(3,45)46)35-16-14-34(15-17-35)39-23-30-19-31(24-39)21-32(20-30)25-39/h5-17,30-32,36H,4,18-27H2,1-3H3,(H,40,44)/t30?,31?,32?,36-,39?/m1/s1. The van der Waals surface area contributed by atoms with Gasteiger partial charge in [-0.1, -0.05) is 73.7 Å². The van der Waals surface area contributed by atoms with Crippen LogP contribution in [0.15, 0.2) is 78.9 Å². The smallest absolute Gasteiger partial charge is 0.244 e. The van der Waals surface area contributed by atoms with Gasteiger partial charge in [0.2, 0.25) is 21.8 Å².